The zero-order valence-electron chi connectivity index (χ0n) is 21.7. The topological polar surface area (TPSA) is 114 Å². The Morgan fingerprint density at radius 3 is 2.29 bits per heavy atom. The summed E-state index contributed by atoms with van der Waals surface area (Å²) in [5.74, 6) is -1.97. The minimum Gasteiger partial charge on any atom is -0.444 e. The summed E-state index contributed by atoms with van der Waals surface area (Å²) in [6.45, 7) is 12.3. The van der Waals surface area contributed by atoms with Crippen LogP contribution in [0.15, 0.2) is 35.9 Å². The van der Waals surface area contributed by atoms with Gasteiger partial charge in [0.2, 0.25) is 5.91 Å². The van der Waals surface area contributed by atoms with Crippen LogP contribution in [0.4, 0.5) is 9.32 Å². The molecule has 0 saturated carbocycles. The normalized spacial score (nSPS) is 12.9. The minimum atomic E-state index is -1.13. The van der Waals surface area contributed by atoms with Gasteiger partial charge < -0.3 is 20.3 Å². The monoisotopic (exact) mass is 493 g/mol. The van der Waals surface area contributed by atoms with Crippen LogP contribution >= 0.6 is 0 Å². The highest BCUT2D eigenvalue weighted by Gasteiger charge is 2.34. The largest absolute Gasteiger partial charge is 0.444 e. The highest BCUT2D eigenvalue weighted by Crippen LogP contribution is 2.22. The van der Waals surface area contributed by atoms with Gasteiger partial charge in [0.1, 0.15) is 11.6 Å². The molecule has 9 nitrogen and oxygen atoms in total. The summed E-state index contributed by atoms with van der Waals surface area (Å²) in [6, 6.07) is 5.78. The van der Waals surface area contributed by atoms with E-state index in [-0.39, 0.29) is 24.6 Å². The van der Waals surface area contributed by atoms with Crippen molar-refractivity contribution in [2.24, 2.45) is 5.41 Å². The van der Waals surface area contributed by atoms with Crippen LogP contribution in [-0.2, 0) is 25.8 Å². The van der Waals surface area contributed by atoms with E-state index in [0.29, 0.717) is 11.1 Å². The van der Waals surface area contributed by atoms with Crippen molar-refractivity contribution < 1.29 is 33.4 Å². The van der Waals surface area contributed by atoms with Crippen molar-refractivity contribution in [3.8, 4) is 0 Å². The molecule has 1 unspecified atom stereocenters. The van der Waals surface area contributed by atoms with Crippen molar-refractivity contribution in [2.75, 3.05) is 13.6 Å². The second kappa shape index (κ2) is 12.3. The number of likely N-dealkylation sites (N-methyl/N-ethyl adjacent to an activating group) is 1. The summed E-state index contributed by atoms with van der Waals surface area (Å²) in [4.78, 5) is 53.7. The van der Waals surface area contributed by atoms with Crippen LogP contribution in [0.3, 0.4) is 0 Å². The average molecular weight is 494 g/mol. The Kier molecular flexibility index (Phi) is 10.4. The molecule has 0 aromatic heterocycles. The van der Waals surface area contributed by atoms with Crippen LogP contribution < -0.4 is 10.6 Å². The second-order valence-corrected chi connectivity index (χ2v) is 10.3. The molecule has 0 fully saturated rings. The highest BCUT2D eigenvalue weighted by atomic mass is 19.3. The molecule has 0 radical (unpaired) electrons. The Labute approximate surface area is 205 Å². The van der Waals surface area contributed by atoms with Gasteiger partial charge in [-0.25, -0.2) is 14.5 Å². The third-order valence-corrected chi connectivity index (χ3v) is 4.85. The molecular weight excluding hydrogens is 457 g/mol. The minimum absolute atomic E-state index is 0.0142. The smallest absolute Gasteiger partial charge is 0.407 e. The maximum atomic E-state index is 13.1. The predicted octanol–water partition coefficient (Wildman–Crippen LogP) is 3.69. The molecule has 10 heteroatoms. The van der Waals surface area contributed by atoms with Crippen LogP contribution in [0.5, 0.6) is 0 Å². The maximum Gasteiger partial charge on any atom is 0.407 e. The lowest BCUT2D eigenvalue weighted by Gasteiger charge is -2.33. The number of nitrogens with zero attached hydrogens (tertiary/aromatic N) is 1. The van der Waals surface area contributed by atoms with Crippen molar-refractivity contribution in [1.29, 1.82) is 0 Å². The van der Waals surface area contributed by atoms with E-state index in [4.69, 9.17) is 4.74 Å². The molecule has 1 aromatic carbocycles. The van der Waals surface area contributed by atoms with E-state index in [0.717, 1.165) is 0 Å². The fourth-order valence-electron chi connectivity index (χ4n) is 2.90. The SMILES string of the molecule is C/C(=C\CN(C)C(=O)C(NC(=O)c1cccc(CNC(=O)OC(C)(C)C)c1)C(C)(C)C)C(=O)OF. The molecule has 194 valence electrons. The van der Waals surface area contributed by atoms with Gasteiger partial charge in [-0.15, -0.1) is 0 Å². The predicted molar refractivity (Wildman–Crippen MR) is 129 cm³/mol. The van der Waals surface area contributed by atoms with Crippen LogP contribution in [0.1, 0.15) is 64.4 Å². The average Bonchev–Trinajstić information content (AvgIpc) is 2.76. The first-order valence-corrected chi connectivity index (χ1v) is 11.2. The first-order chi connectivity index (χ1) is 16.0. The molecule has 2 N–H and O–H groups in total. The van der Waals surface area contributed by atoms with Gasteiger partial charge in [0.05, 0.1) is 0 Å². The van der Waals surface area contributed by atoms with E-state index in [2.05, 4.69) is 15.6 Å². The van der Waals surface area contributed by atoms with Crippen LogP contribution in [0, 0.1) is 5.41 Å². The van der Waals surface area contributed by atoms with Crippen molar-refractivity contribution in [3.05, 3.63) is 47.0 Å². The van der Waals surface area contributed by atoms with E-state index in [1.165, 1.54) is 24.9 Å². The van der Waals surface area contributed by atoms with Gasteiger partial charge in [0, 0.05) is 35.8 Å². The Hall–Kier alpha value is -3.43. The lowest BCUT2D eigenvalue weighted by Crippen LogP contribution is -2.54. The number of nitrogens with one attached hydrogen (secondary N) is 2. The molecule has 0 bridgehead atoms. The van der Waals surface area contributed by atoms with Gasteiger partial charge in [0.15, 0.2) is 0 Å². The van der Waals surface area contributed by atoms with E-state index < -0.39 is 35.0 Å². The first-order valence-electron chi connectivity index (χ1n) is 11.2. The third kappa shape index (κ3) is 10.2. The lowest BCUT2D eigenvalue weighted by atomic mass is 9.85. The number of hydrogen-bond donors (Lipinski definition) is 2. The lowest BCUT2D eigenvalue weighted by molar-refractivity contribution is -0.178. The zero-order chi connectivity index (χ0) is 27.0. The van der Waals surface area contributed by atoms with E-state index in [9.17, 15) is 23.7 Å². The van der Waals surface area contributed by atoms with E-state index in [1.807, 2.05) is 20.8 Å². The Balaban J connectivity index is 2.93. The van der Waals surface area contributed by atoms with Gasteiger partial charge in [-0.05, 0) is 50.8 Å². The fraction of sp³-hybridized carbons (Fsp3) is 0.520. The quantitative estimate of drug-likeness (QED) is 0.534. The van der Waals surface area contributed by atoms with Gasteiger partial charge in [-0.2, -0.15) is 0 Å². The Morgan fingerprint density at radius 2 is 1.74 bits per heavy atom. The summed E-state index contributed by atoms with van der Waals surface area (Å²) >= 11 is 0. The number of carbonyl (C=O) groups excluding carboxylic acids is 4. The molecule has 0 aliphatic carbocycles. The van der Waals surface area contributed by atoms with Crippen molar-refractivity contribution in [3.63, 3.8) is 0 Å². The van der Waals surface area contributed by atoms with E-state index >= 15 is 0 Å². The molecule has 35 heavy (non-hydrogen) atoms. The van der Waals surface area contributed by atoms with Gasteiger partial charge in [-0.1, -0.05) is 39.0 Å². The van der Waals surface area contributed by atoms with Gasteiger partial charge in [0.25, 0.3) is 5.91 Å². The number of hydrogen-bond acceptors (Lipinski definition) is 6. The van der Waals surface area contributed by atoms with Crippen LogP contribution in [0.2, 0.25) is 0 Å². The number of amides is 3. The number of ether oxygens (including phenoxy) is 1. The summed E-state index contributed by atoms with van der Waals surface area (Å²) in [5.41, 5.74) is -0.244. The summed E-state index contributed by atoms with van der Waals surface area (Å²) in [7, 11) is 1.51. The molecule has 0 heterocycles. The standard InChI is InChI=1S/C25H36FN3O6/c1-16(22(32)35-26)12-13-29(8)21(31)19(24(2,3)4)28-20(30)18-11-9-10-17(14-18)15-27-23(33)34-25(5,6)7/h9-12,14,19H,13,15H2,1-8H3,(H,27,33)(H,28,30)/b16-12+. The van der Waals surface area contributed by atoms with Crippen molar-refractivity contribution in [2.45, 2.75) is 66.7 Å². The number of carbonyl (C=O) groups is 4. The molecule has 3 amide bonds. The molecule has 0 spiro atoms. The third-order valence-electron chi connectivity index (χ3n) is 4.85. The maximum absolute atomic E-state index is 13.1. The molecule has 0 saturated heterocycles. The van der Waals surface area contributed by atoms with Crippen molar-refractivity contribution in [1.82, 2.24) is 15.5 Å². The Morgan fingerprint density at radius 1 is 1.11 bits per heavy atom. The van der Waals surface area contributed by atoms with Crippen molar-refractivity contribution >= 4 is 23.9 Å². The number of halogens is 1. The van der Waals surface area contributed by atoms with Gasteiger partial charge >= 0.3 is 12.1 Å². The van der Waals surface area contributed by atoms with Crippen LogP contribution in [0.25, 0.3) is 0 Å². The Bertz CT molecular complexity index is 963. The molecule has 1 aromatic rings. The number of benzene rings is 1. The second-order valence-electron chi connectivity index (χ2n) is 10.3. The molecule has 0 aliphatic heterocycles. The first kappa shape index (κ1) is 29.6. The molecule has 0 aliphatic rings. The zero-order valence-corrected chi connectivity index (χ0v) is 21.7. The summed E-state index contributed by atoms with van der Waals surface area (Å²) < 4.78 is 17.3. The van der Waals surface area contributed by atoms with Crippen LogP contribution in [-0.4, -0.2) is 54.0 Å². The fourth-order valence-corrected chi connectivity index (χ4v) is 2.90. The number of rotatable bonds is 8. The summed E-state index contributed by atoms with van der Waals surface area (Å²) in [5, 5.41) is 5.42. The highest BCUT2D eigenvalue weighted by molar-refractivity contribution is 5.98. The molecule has 1 atom stereocenters. The van der Waals surface area contributed by atoms with Gasteiger partial charge in [-0.3, -0.25) is 9.59 Å². The molecule has 1 rings (SSSR count). The molecular formula is C25H36FN3O6. The number of alkyl carbamates (subject to hydrolysis) is 1. The summed E-state index contributed by atoms with van der Waals surface area (Å²) in [6.07, 6.45) is 0.792. The van der Waals surface area contributed by atoms with E-state index in [1.54, 1.807) is 45.0 Å².